The third kappa shape index (κ3) is 2.99. The number of benzene rings is 2. The first-order valence-corrected chi connectivity index (χ1v) is 9.31. The normalized spacial score (nSPS) is 11.1. The Bertz CT molecular complexity index is 1160. The van der Waals surface area contributed by atoms with Crippen molar-refractivity contribution in [3.8, 4) is 5.69 Å². The fourth-order valence-corrected chi connectivity index (χ4v) is 3.59. The summed E-state index contributed by atoms with van der Waals surface area (Å²) in [5, 5.41) is 5.65. The van der Waals surface area contributed by atoms with Gasteiger partial charge in [0.05, 0.1) is 11.4 Å². The van der Waals surface area contributed by atoms with Crippen molar-refractivity contribution >= 4 is 16.9 Å². The van der Waals surface area contributed by atoms with Crippen molar-refractivity contribution in [3.63, 3.8) is 0 Å². The number of carbonyl (C=O) groups excluding carboxylic acids is 1. The van der Waals surface area contributed by atoms with Crippen LogP contribution in [0.1, 0.15) is 33.1 Å². The molecule has 0 fully saturated rings. The summed E-state index contributed by atoms with van der Waals surface area (Å²) in [6, 6.07) is 17.7. The van der Waals surface area contributed by atoms with Crippen LogP contribution in [-0.2, 0) is 6.54 Å². The molecule has 0 radical (unpaired) electrons. The summed E-state index contributed by atoms with van der Waals surface area (Å²) in [4.78, 5) is 14.7. The van der Waals surface area contributed by atoms with Crippen molar-refractivity contribution in [1.82, 2.24) is 14.7 Å². The number of aromatic nitrogens is 2. The number of furan rings is 1. The van der Waals surface area contributed by atoms with E-state index in [-0.39, 0.29) is 5.91 Å². The smallest absolute Gasteiger partial charge is 0.289 e. The molecule has 5 nitrogen and oxygen atoms in total. The van der Waals surface area contributed by atoms with Gasteiger partial charge < -0.3 is 9.32 Å². The quantitative estimate of drug-likeness (QED) is 0.515. The van der Waals surface area contributed by atoms with Crippen LogP contribution in [0.15, 0.2) is 59.0 Å². The molecule has 4 rings (SSSR count). The van der Waals surface area contributed by atoms with Crippen LogP contribution in [0.5, 0.6) is 0 Å². The molecule has 142 valence electrons. The lowest BCUT2D eigenvalue weighted by Gasteiger charge is -2.16. The Kier molecular flexibility index (Phi) is 4.51. The van der Waals surface area contributed by atoms with Crippen molar-refractivity contribution in [3.05, 3.63) is 82.9 Å². The zero-order valence-corrected chi connectivity index (χ0v) is 16.6. The average Bonchev–Trinajstić information content (AvgIpc) is 3.19. The van der Waals surface area contributed by atoms with Gasteiger partial charge in [0.2, 0.25) is 0 Å². The lowest BCUT2D eigenvalue weighted by molar-refractivity contribution is 0.0754. The van der Waals surface area contributed by atoms with Crippen molar-refractivity contribution in [1.29, 1.82) is 0 Å². The van der Waals surface area contributed by atoms with E-state index in [4.69, 9.17) is 4.42 Å². The topological polar surface area (TPSA) is 51.3 Å². The second-order valence-corrected chi connectivity index (χ2v) is 7.11. The van der Waals surface area contributed by atoms with E-state index in [1.807, 2.05) is 80.1 Å². The van der Waals surface area contributed by atoms with Crippen LogP contribution < -0.4 is 0 Å². The van der Waals surface area contributed by atoms with E-state index in [2.05, 4.69) is 5.10 Å². The zero-order valence-electron chi connectivity index (χ0n) is 16.6. The van der Waals surface area contributed by atoms with E-state index < -0.39 is 0 Å². The first kappa shape index (κ1) is 18.0. The highest BCUT2D eigenvalue weighted by atomic mass is 16.3. The molecular formula is C23H23N3O2. The zero-order chi connectivity index (χ0) is 19.8. The lowest BCUT2D eigenvalue weighted by Crippen LogP contribution is -2.26. The van der Waals surface area contributed by atoms with Gasteiger partial charge in [0, 0.05) is 35.8 Å². The van der Waals surface area contributed by atoms with E-state index in [9.17, 15) is 4.79 Å². The Hall–Kier alpha value is -3.34. The highest BCUT2D eigenvalue weighted by molar-refractivity contribution is 5.98. The van der Waals surface area contributed by atoms with Crippen LogP contribution in [0.3, 0.4) is 0 Å². The molecule has 2 aromatic heterocycles. The number of amides is 1. The molecule has 0 aliphatic carbocycles. The van der Waals surface area contributed by atoms with E-state index in [1.165, 1.54) is 0 Å². The molecular weight excluding hydrogens is 350 g/mol. The van der Waals surface area contributed by atoms with E-state index >= 15 is 0 Å². The highest BCUT2D eigenvalue weighted by Crippen LogP contribution is 2.27. The fourth-order valence-electron chi connectivity index (χ4n) is 3.59. The molecule has 0 N–H and O–H groups in total. The summed E-state index contributed by atoms with van der Waals surface area (Å²) in [6.45, 7) is 6.41. The Labute approximate surface area is 164 Å². The van der Waals surface area contributed by atoms with E-state index in [1.54, 1.807) is 11.9 Å². The predicted molar refractivity (Wildman–Crippen MR) is 110 cm³/mol. The fraction of sp³-hybridized carbons (Fsp3) is 0.217. The molecule has 0 bridgehead atoms. The number of hydrogen-bond donors (Lipinski definition) is 0. The van der Waals surface area contributed by atoms with Crippen LogP contribution in [0.4, 0.5) is 0 Å². The molecule has 2 heterocycles. The van der Waals surface area contributed by atoms with Gasteiger partial charge in [-0.1, -0.05) is 36.4 Å². The molecule has 0 aliphatic heterocycles. The molecule has 0 unspecified atom stereocenters. The minimum Gasteiger partial charge on any atom is -0.451 e. The van der Waals surface area contributed by atoms with Gasteiger partial charge in [0.15, 0.2) is 5.76 Å². The maximum Gasteiger partial charge on any atom is 0.289 e. The summed E-state index contributed by atoms with van der Waals surface area (Å²) in [5.41, 5.74) is 5.62. The van der Waals surface area contributed by atoms with E-state index in [0.717, 1.165) is 39.2 Å². The number of para-hydroxylation sites is 2. The molecule has 0 saturated carbocycles. The molecule has 5 heteroatoms. The molecule has 0 saturated heterocycles. The van der Waals surface area contributed by atoms with Crippen molar-refractivity contribution in [2.75, 3.05) is 7.05 Å². The number of rotatable bonds is 4. The lowest BCUT2D eigenvalue weighted by atomic mass is 10.1. The average molecular weight is 373 g/mol. The van der Waals surface area contributed by atoms with Gasteiger partial charge in [-0.25, -0.2) is 4.68 Å². The molecule has 28 heavy (non-hydrogen) atoms. The maximum absolute atomic E-state index is 13.0. The summed E-state index contributed by atoms with van der Waals surface area (Å²) in [5.74, 6) is 0.273. The second kappa shape index (κ2) is 7.00. The molecule has 0 spiro atoms. The Morgan fingerprint density at radius 1 is 1.04 bits per heavy atom. The summed E-state index contributed by atoms with van der Waals surface area (Å²) < 4.78 is 7.77. The van der Waals surface area contributed by atoms with Crippen LogP contribution in [0.25, 0.3) is 16.7 Å². The monoisotopic (exact) mass is 373 g/mol. The van der Waals surface area contributed by atoms with Gasteiger partial charge in [-0.05, 0) is 39.0 Å². The molecule has 1 amide bonds. The van der Waals surface area contributed by atoms with Crippen molar-refractivity contribution in [2.45, 2.75) is 27.3 Å². The molecule has 4 aromatic rings. The maximum atomic E-state index is 13.0. The molecule has 2 aromatic carbocycles. The number of hydrogen-bond acceptors (Lipinski definition) is 3. The summed E-state index contributed by atoms with van der Waals surface area (Å²) in [7, 11) is 1.80. The van der Waals surface area contributed by atoms with Gasteiger partial charge in [-0.15, -0.1) is 0 Å². The largest absolute Gasteiger partial charge is 0.451 e. The van der Waals surface area contributed by atoms with Gasteiger partial charge >= 0.3 is 0 Å². The van der Waals surface area contributed by atoms with Gasteiger partial charge in [-0.3, -0.25) is 4.79 Å². The molecule has 0 atom stereocenters. The third-order valence-electron chi connectivity index (χ3n) is 5.22. The number of aryl methyl sites for hydroxylation is 2. The van der Waals surface area contributed by atoms with Crippen LogP contribution >= 0.6 is 0 Å². The number of fused-ring (bicyclic) bond motifs is 1. The SMILES string of the molecule is Cc1nn(-c2ccccc2)c(C)c1CN(C)C(=O)c1oc2ccccc2c1C. The number of carbonyl (C=O) groups is 1. The Morgan fingerprint density at radius 2 is 1.71 bits per heavy atom. The van der Waals surface area contributed by atoms with Crippen LogP contribution in [0.2, 0.25) is 0 Å². The molecule has 0 aliphatic rings. The van der Waals surface area contributed by atoms with Crippen molar-refractivity contribution < 1.29 is 9.21 Å². The summed E-state index contributed by atoms with van der Waals surface area (Å²) >= 11 is 0. The van der Waals surface area contributed by atoms with Gasteiger partial charge in [-0.2, -0.15) is 5.10 Å². The van der Waals surface area contributed by atoms with Crippen LogP contribution in [-0.4, -0.2) is 27.6 Å². The first-order valence-electron chi connectivity index (χ1n) is 9.31. The summed E-state index contributed by atoms with van der Waals surface area (Å²) in [6.07, 6.45) is 0. The second-order valence-electron chi connectivity index (χ2n) is 7.11. The Balaban J connectivity index is 1.63. The minimum atomic E-state index is -0.125. The van der Waals surface area contributed by atoms with Gasteiger partial charge in [0.1, 0.15) is 5.58 Å². The van der Waals surface area contributed by atoms with Crippen LogP contribution in [0, 0.1) is 20.8 Å². The predicted octanol–water partition coefficient (Wildman–Crippen LogP) is 4.82. The highest BCUT2D eigenvalue weighted by Gasteiger charge is 2.23. The first-order chi connectivity index (χ1) is 13.5. The standard InChI is InChI=1S/C23H23N3O2/c1-15-19-12-8-9-13-21(19)28-22(15)23(27)25(4)14-20-16(2)24-26(17(20)3)18-10-6-5-7-11-18/h5-13H,14H2,1-4H3. The van der Waals surface area contributed by atoms with Gasteiger partial charge in [0.25, 0.3) is 5.91 Å². The number of nitrogens with zero attached hydrogens (tertiary/aromatic N) is 3. The minimum absolute atomic E-state index is 0.125. The van der Waals surface area contributed by atoms with Crippen molar-refractivity contribution in [2.24, 2.45) is 0 Å². The van der Waals surface area contributed by atoms with E-state index in [0.29, 0.717) is 12.3 Å². The third-order valence-corrected chi connectivity index (χ3v) is 5.22. The Morgan fingerprint density at radius 3 is 2.43 bits per heavy atom.